The molecular weight excluding hydrogens is 246 g/mol. The van der Waals surface area contributed by atoms with Gasteiger partial charge in [-0.2, -0.15) is 4.98 Å². The van der Waals surface area contributed by atoms with E-state index in [0.717, 1.165) is 25.9 Å². The van der Waals surface area contributed by atoms with E-state index in [-0.39, 0.29) is 5.92 Å². The number of hydrogen-bond acceptors (Lipinski definition) is 6. The zero-order valence-electron chi connectivity index (χ0n) is 11.6. The van der Waals surface area contributed by atoms with Gasteiger partial charge in [0.15, 0.2) is 0 Å². The Morgan fingerprint density at radius 2 is 2.21 bits per heavy atom. The van der Waals surface area contributed by atoms with Crippen LogP contribution < -0.4 is 14.8 Å². The summed E-state index contributed by atoms with van der Waals surface area (Å²) in [7, 11) is 3.04. The third-order valence-electron chi connectivity index (χ3n) is 3.69. The maximum atomic E-state index is 10.8. The molecule has 1 aromatic heterocycles. The third kappa shape index (κ3) is 2.79. The van der Waals surface area contributed by atoms with Crippen molar-refractivity contribution in [1.29, 1.82) is 0 Å². The van der Waals surface area contributed by atoms with Crippen molar-refractivity contribution >= 4 is 0 Å². The molecule has 6 nitrogen and oxygen atoms in total. The van der Waals surface area contributed by atoms with Crippen LogP contribution in [-0.4, -0.2) is 42.4 Å². The number of ether oxygens (including phenoxy) is 2. The minimum atomic E-state index is -1.07. The molecule has 0 spiro atoms. The monoisotopic (exact) mass is 267 g/mol. The molecule has 1 aliphatic rings. The standard InChI is InChI=1S/C13H21N3O3/c1-13(17,9-5-4-6-14-7-9)11-12(19-3)16-10(18-2)8-15-11/h8-9,14,17H,4-7H2,1-3H3. The van der Waals surface area contributed by atoms with Crippen LogP contribution in [0.25, 0.3) is 0 Å². The minimum absolute atomic E-state index is 0.0952. The van der Waals surface area contributed by atoms with E-state index in [2.05, 4.69) is 15.3 Å². The van der Waals surface area contributed by atoms with Gasteiger partial charge in [0.2, 0.25) is 11.8 Å². The Morgan fingerprint density at radius 1 is 1.42 bits per heavy atom. The first-order chi connectivity index (χ1) is 9.09. The van der Waals surface area contributed by atoms with Crippen LogP contribution in [0.2, 0.25) is 0 Å². The smallest absolute Gasteiger partial charge is 0.241 e. The molecule has 0 aliphatic carbocycles. The molecule has 1 fully saturated rings. The number of aromatic nitrogens is 2. The van der Waals surface area contributed by atoms with Gasteiger partial charge in [-0.05, 0) is 26.3 Å². The van der Waals surface area contributed by atoms with Crippen LogP contribution in [-0.2, 0) is 5.60 Å². The number of rotatable bonds is 4. The van der Waals surface area contributed by atoms with Crippen molar-refractivity contribution in [2.45, 2.75) is 25.4 Å². The van der Waals surface area contributed by atoms with E-state index in [1.165, 1.54) is 20.4 Å². The Hall–Kier alpha value is -1.40. The Balaban J connectivity index is 2.32. The van der Waals surface area contributed by atoms with Gasteiger partial charge < -0.3 is 19.9 Å². The average molecular weight is 267 g/mol. The first-order valence-corrected chi connectivity index (χ1v) is 6.48. The third-order valence-corrected chi connectivity index (χ3v) is 3.69. The zero-order chi connectivity index (χ0) is 13.9. The first kappa shape index (κ1) is 14.0. The summed E-state index contributed by atoms with van der Waals surface area (Å²) in [5.41, 5.74) is -0.609. The van der Waals surface area contributed by atoms with Crippen LogP contribution in [0.3, 0.4) is 0 Å². The van der Waals surface area contributed by atoms with Crippen LogP contribution in [0.5, 0.6) is 11.8 Å². The molecular formula is C13H21N3O3. The highest BCUT2D eigenvalue weighted by molar-refractivity contribution is 5.28. The first-order valence-electron chi connectivity index (χ1n) is 6.48. The number of methoxy groups -OCH3 is 2. The van der Waals surface area contributed by atoms with E-state index < -0.39 is 5.60 Å². The van der Waals surface area contributed by atoms with Gasteiger partial charge in [-0.1, -0.05) is 0 Å². The van der Waals surface area contributed by atoms with Gasteiger partial charge in [-0.25, -0.2) is 4.98 Å². The van der Waals surface area contributed by atoms with Gasteiger partial charge in [-0.15, -0.1) is 0 Å². The molecule has 106 valence electrons. The second kappa shape index (κ2) is 5.71. The molecule has 2 atom stereocenters. The van der Waals surface area contributed by atoms with E-state index in [1.54, 1.807) is 6.92 Å². The molecule has 0 aromatic carbocycles. The normalized spacial score (nSPS) is 22.6. The highest BCUT2D eigenvalue weighted by Gasteiger charge is 2.38. The van der Waals surface area contributed by atoms with Crippen molar-refractivity contribution in [3.05, 3.63) is 11.9 Å². The summed E-state index contributed by atoms with van der Waals surface area (Å²) in [6, 6.07) is 0. The highest BCUT2D eigenvalue weighted by Crippen LogP contribution is 2.36. The summed E-state index contributed by atoms with van der Waals surface area (Å²) in [5.74, 6) is 0.783. The topological polar surface area (TPSA) is 76.5 Å². The number of piperidine rings is 1. The van der Waals surface area contributed by atoms with Crippen LogP contribution in [0, 0.1) is 5.92 Å². The molecule has 2 unspecified atom stereocenters. The average Bonchev–Trinajstić information content (AvgIpc) is 2.47. The molecule has 19 heavy (non-hydrogen) atoms. The molecule has 2 rings (SSSR count). The maximum Gasteiger partial charge on any atom is 0.241 e. The lowest BCUT2D eigenvalue weighted by Gasteiger charge is -2.35. The fourth-order valence-corrected chi connectivity index (χ4v) is 2.47. The molecule has 1 aliphatic heterocycles. The van der Waals surface area contributed by atoms with Crippen LogP contribution in [0.1, 0.15) is 25.5 Å². The summed E-state index contributed by atoms with van der Waals surface area (Å²) in [4.78, 5) is 8.46. The van der Waals surface area contributed by atoms with Crippen molar-refractivity contribution < 1.29 is 14.6 Å². The van der Waals surface area contributed by atoms with Gasteiger partial charge in [0, 0.05) is 12.5 Å². The number of nitrogens with zero attached hydrogens (tertiary/aromatic N) is 2. The summed E-state index contributed by atoms with van der Waals surface area (Å²) in [6.07, 6.45) is 3.51. The van der Waals surface area contributed by atoms with Crippen molar-refractivity contribution in [3.8, 4) is 11.8 Å². The molecule has 2 heterocycles. The van der Waals surface area contributed by atoms with E-state index >= 15 is 0 Å². The molecule has 2 N–H and O–H groups in total. The van der Waals surface area contributed by atoms with E-state index in [0.29, 0.717) is 17.5 Å². The fourth-order valence-electron chi connectivity index (χ4n) is 2.47. The predicted molar refractivity (Wildman–Crippen MR) is 70.3 cm³/mol. The zero-order valence-corrected chi connectivity index (χ0v) is 11.6. The Bertz CT molecular complexity index is 431. The van der Waals surface area contributed by atoms with E-state index in [4.69, 9.17) is 9.47 Å². The van der Waals surface area contributed by atoms with E-state index in [9.17, 15) is 5.11 Å². The molecule has 0 radical (unpaired) electrons. The molecule has 0 saturated carbocycles. The van der Waals surface area contributed by atoms with Crippen molar-refractivity contribution in [1.82, 2.24) is 15.3 Å². The Morgan fingerprint density at radius 3 is 2.79 bits per heavy atom. The fraction of sp³-hybridized carbons (Fsp3) is 0.692. The summed E-state index contributed by atoms with van der Waals surface area (Å²) < 4.78 is 10.3. The lowest BCUT2D eigenvalue weighted by Crippen LogP contribution is -2.43. The summed E-state index contributed by atoms with van der Waals surface area (Å²) in [6.45, 7) is 3.53. The maximum absolute atomic E-state index is 10.8. The molecule has 0 bridgehead atoms. The number of nitrogens with one attached hydrogen (secondary N) is 1. The van der Waals surface area contributed by atoms with Gasteiger partial charge in [0.25, 0.3) is 0 Å². The van der Waals surface area contributed by atoms with Crippen LogP contribution in [0.15, 0.2) is 6.20 Å². The minimum Gasteiger partial charge on any atom is -0.480 e. The predicted octanol–water partition coefficient (Wildman–Crippen LogP) is 0.701. The highest BCUT2D eigenvalue weighted by atomic mass is 16.5. The van der Waals surface area contributed by atoms with Crippen LogP contribution >= 0.6 is 0 Å². The lowest BCUT2D eigenvalue weighted by atomic mass is 9.81. The quantitative estimate of drug-likeness (QED) is 0.836. The van der Waals surface area contributed by atoms with Gasteiger partial charge in [-0.3, -0.25) is 0 Å². The van der Waals surface area contributed by atoms with Crippen molar-refractivity contribution in [2.75, 3.05) is 27.3 Å². The Labute approximate surface area is 113 Å². The second-order valence-corrected chi connectivity index (χ2v) is 4.96. The molecule has 1 saturated heterocycles. The van der Waals surface area contributed by atoms with Gasteiger partial charge >= 0.3 is 0 Å². The molecule has 1 aromatic rings. The van der Waals surface area contributed by atoms with Crippen molar-refractivity contribution in [3.63, 3.8) is 0 Å². The number of hydrogen-bond donors (Lipinski definition) is 2. The molecule has 6 heteroatoms. The van der Waals surface area contributed by atoms with E-state index in [1.807, 2.05) is 0 Å². The SMILES string of the molecule is COc1cnc(C(C)(O)C2CCCNC2)c(OC)n1. The summed E-state index contributed by atoms with van der Waals surface area (Å²) >= 11 is 0. The number of aliphatic hydroxyl groups is 1. The van der Waals surface area contributed by atoms with Gasteiger partial charge in [0.05, 0.1) is 20.4 Å². The van der Waals surface area contributed by atoms with Gasteiger partial charge in [0.1, 0.15) is 11.3 Å². The largest absolute Gasteiger partial charge is 0.480 e. The second-order valence-electron chi connectivity index (χ2n) is 4.96. The van der Waals surface area contributed by atoms with Crippen molar-refractivity contribution in [2.24, 2.45) is 5.92 Å². The lowest BCUT2D eigenvalue weighted by molar-refractivity contribution is -0.0219. The summed E-state index contributed by atoms with van der Waals surface area (Å²) in [5, 5.41) is 14.1. The van der Waals surface area contributed by atoms with Crippen LogP contribution in [0.4, 0.5) is 0 Å². The molecule has 0 amide bonds. The Kier molecular flexibility index (Phi) is 4.21.